The van der Waals surface area contributed by atoms with Crippen molar-refractivity contribution in [3.63, 3.8) is 0 Å². The summed E-state index contributed by atoms with van der Waals surface area (Å²) in [5.41, 5.74) is 0.0436. The summed E-state index contributed by atoms with van der Waals surface area (Å²) < 4.78 is 22.6. The molecule has 0 radical (unpaired) electrons. The first-order valence-electron chi connectivity index (χ1n) is 3.89. The Morgan fingerprint density at radius 1 is 1.67 bits per heavy atom. The highest BCUT2D eigenvalue weighted by atomic mass is 35.7. The second-order valence-corrected chi connectivity index (χ2v) is 5.75. The molecule has 1 rings (SSSR count). The lowest BCUT2D eigenvalue weighted by atomic mass is 10.3. The van der Waals surface area contributed by atoms with Gasteiger partial charge < -0.3 is 0 Å². The van der Waals surface area contributed by atoms with Crippen LogP contribution in [0.5, 0.6) is 0 Å². The van der Waals surface area contributed by atoms with Crippen LogP contribution in [0, 0.1) is 10.1 Å². The van der Waals surface area contributed by atoms with Crippen LogP contribution >= 0.6 is 10.7 Å². The average molecular weight is 254 g/mol. The number of halogens is 1. The molecule has 0 saturated heterocycles. The van der Waals surface area contributed by atoms with E-state index in [1.54, 1.807) is 0 Å². The van der Waals surface area contributed by atoms with Gasteiger partial charge in [-0.3, -0.25) is 14.8 Å². The van der Waals surface area contributed by atoms with Crippen LogP contribution < -0.4 is 0 Å². The first kappa shape index (κ1) is 11.9. The lowest BCUT2D eigenvalue weighted by Crippen LogP contribution is -2.07. The summed E-state index contributed by atoms with van der Waals surface area (Å²) in [7, 11) is 2.86. The molecule has 0 atom stereocenters. The Labute approximate surface area is 90.2 Å². The summed E-state index contributed by atoms with van der Waals surface area (Å²) in [4.78, 5) is 9.92. The molecule has 1 heterocycles. The second kappa shape index (κ2) is 4.15. The smallest absolute Gasteiger partial charge is 0.265 e. The van der Waals surface area contributed by atoms with Gasteiger partial charge in [0.15, 0.2) is 0 Å². The maximum Gasteiger partial charge on any atom is 0.310 e. The molecule has 0 aliphatic carbocycles. The van der Waals surface area contributed by atoms with Crippen LogP contribution in [-0.4, -0.2) is 28.9 Å². The normalized spacial score (nSPS) is 11.6. The van der Waals surface area contributed by atoms with E-state index in [0.717, 1.165) is 6.20 Å². The molecular formula is C6H8ClN3O4S. The van der Waals surface area contributed by atoms with Crippen LogP contribution in [0.1, 0.15) is 5.69 Å². The molecule has 0 fully saturated rings. The van der Waals surface area contributed by atoms with E-state index in [4.69, 9.17) is 10.7 Å². The van der Waals surface area contributed by atoms with Crippen LogP contribution in [0.15, 0.2) is 6.20 Å². The minimum Gasteiger partial charge on any atom is -0.265 e. The summed E-state index contributed by atoms with van der Waals surface area (Å²) in [6.45, 7) is 0. The van der Waals surface area contributed by atoms with E-state index in [1.165, 1.54) is 11.7 Å². The van der Waals surface area contributed by atoms with Crippen LogP contribution in [0.2, 0.25) is 0 Å². The Balaban J connectivity index is 2.93. The zero-order valence-corrected chi connectivity index (χ0v) is 9.32. The van der Waals surface area contributed by atoms with E-state index in [1.807, 2.05) is 0 Å². The highest BCUT2D eigenvalue weighted by Crippen LogP contribution is 2.18. The van der Waals surface area contributed by atoms with Crippen molar-refractivity contribution >= 4 is 25.4 Å². The molecule has 0 amide bonds. The van der Waals surface area contributed by atoms with Crippen molar-refractivity contribution in [3.05, 3.63) is 22.0 Å². The molecule has 1 aromatic rings. The standard InChI is InChI=1S/C6H8ClN3O4S/c1-9-5(2-3-15(7,13)14)6(4-8-9)10(11)12/h4H,2-3H2,1H3. The van der Waals surface area contributed by atoms with Crippen LogP contribution in [0.3, 0.4) is 0 Å². The Bertz CT molecular complexity index is 481. The number of hydrogen-bond acceptors (Lipinski definition) is 5. The predicted octanol–water partition coefficient (Wildman–Crippen LogP) is 0.439. The second-order valence-electron chi connectivity index (χ2n) is 2.85. The zero-order valence-electron chi connectivity index (χ0n) is 7.75. The van der Waals surface area contributed by atoms with Gasteiger partial charge in [0, 0.05) is 24.2 Å². The summed E-state index contributed by atoms with van der Waals surface area (Å²) in [6.07, 6.45) is 1.05. The number of hydrogen-bond donors (Lipinski definition) is 0. The topological polar surface area (TPSA) is 95.1 Å². The van der Waals surface area contributed by atoms with Gasteiger partial charge in [-0.2, -0.15) is 5.10 Å². The van der Waals surface area contributed by atoms with E-state index in [2.05, 4.69) is 5.10 Å². The Morgan fingerprint density at radius 2 is 2.27 bits per heavy atom. The van der Waals surface area contributed by atoms with Crippen molar-refractivity contribution in [1.82, 2.24) is 9.78 Å². The number of aryl methyl sites for hydroxylation is 1. The lowest BCUT2D eigenvalue weighted by molar-refractivity contribution is -0.385. The molecule has 7 nitrogen and oxygen atoms in total. The Kier molecular flexibility index (Phi) is 3.30. The van der Waals surface area contributed by atoms with Gasteiger partial charge in [-0.25, -0.2) is 8.42 Å². The number of nitro groups is 1. The summed E-state index contributed by atoms with van der Waals surface area (Å²) in [5, 5.41) is 14.2. The number of rotatable bonds is 4. The summed E-state index contributed by atoms with van der Waals surface area (Å²) in [6, 6.07) is 0. The lowest BCUT2D eigenvalue weighted by Gasteiger charge is -1.99. The molecule has 0 bridgehead atoms. The Hall–Kier alpha value is -1.15. The van der Waals surface area contributed by atoms with Crippen molar-refractivity contribution in [3.8, 4) is 0 Å². The largest absolute Gasteiger partial charge is 0.310 e. The maximum absolute atomic E-state index is 10.7. The van der Waals surface area contributed by atoms with Crippen molar-refractivity contribution in [2.45, 2.75) is 6.42 Å². The fourth-order valence-corrected chi connectivity index (χ4v) is 1.78. The van der Waals surface area contributed by atoms with E-state index in [0.29, 0.717) is 0 Å². The monoisotopic (exact) mass is 253 g/mol. The molecule has 0 saturated carbocycles. The van der Waals surface area contributed by atoms with Gasteiger partial charge in [0.1, 0.15) is 11.9 Å². The number of nitrogens with zero attached hydrogens (tertiary/aromatic N) is 3. The molecule has 0 spiro atoms. The van der Waals surface area contributed by atoms with Crippen molar-refractivity contribution in [2.24, 2.45) is 7.05 Å². The predicted molar refractivity (Wildman–Crippen MR) is 53.2 cm³/mol. The maximum atomic E-state index is 10.7. The van der Waals surface area contributed by atoms with Gasteiger partial charge in [0.2, 0.25) is 9.05 Å². The van der Waals surface area contributed by atoms with Gasteiger partial charge in [0.05, 0.1) is 10.7 Å². The minimum atomic E-state index is -3.65. The molecule has 0 aliphatic heterocycles. The Morgan fingerprint density at radius 3 is 2.73 bits per heavy atom. The molecule has 84 valence electrons. The summed E-state index contributed by atoms with van der Waals surface area (Å²) >= 11 is 0. The minimum absolute atomic E-state index is 0.0291. The fraction of sp³-hybridized carbons (Fsp3) is 0.500. The molecule has 0 aliphatic rings. The molecule has 0 N–H and O–H groups in total. The first-order valence-corrected chi connectivity index (χ1v) is 6.36. The number of aromatic nitrogens is 2. The van der Waals surface area contributed by atoms with Gasteiger partial charge >= 0.3 is 5.69 Å². The van der Waals surface area contributed by atoms with Crippen molar-refractivity contribution < 1.29 is 13.3 Å². The van der Waals surface area contributed by atoms with Crippen LogP contribution in [0.25, 0.3) is 0 Å². The molecule has 0 unspecified atom stereocenters. The van der Waals surface area contributed by atoms with E-state index in [-0.39, 0.29) is 23.6 Å². The van der Waals surface area contributed by atoms with Crippen LogP contribution in [-0.2, 0) is 22.5 Å². The average Bonchev–Trinajstić information content (AvgIpc) is 2.42. The highest BCUT2D eigenvalue weighted by molar-refractivity contribution is 8.13. The van der Waals surface area contributed by atoms with E-state index in [9.17, 15) is 18.5 Å². The van der Waals surface area contributed by atoms with E-state index >= 15 is 0 Å². The molecule has 0 aromatic carbocycles. The third kappa shape index (κ3) is 3.17. The third-order valence-corrected chi connectivity index (χ3v) is 2.97. The van der Waals surface area contributed by atoms with Gasteiger partial charge in [-0.15, -0.1) is 0 Å². The third-order valence-electron chi connectivity index (χ3n) is 1.82. The van der Waals surface area contributed by atoms with Gasteiger partial charge in [-0.1, -0.05) is 0 Å². The fourth-order valence-electron chi connectivity index (χ4n) is 1.11. The molecule has 15 heavy (non-hydrogen) atoms. The summed E-state index contributed by atoms with van der Waals surface area (Å²) in [5.74, 6) is -0.352. The quantitative estimate of drug-likeness (QED) is 0.441. The molecule has 1 aromatic heterocycles. The van der Waals surface area contributed by atoms with Gasteiger partial charge in [-0.05, 0) is 0 Å². The zero-order chi connectivity index (χ0) is 11.6. The SMILES string of the molecule is Cn1ncc([N+](=O)[O-])c1CCS(=O)(=O)Cl. The first-order chi connectivity index (χ1) is 6.81. The van der Waals surface area contributed by atoms with Gasteiger partial charge in [0.25, 0.3) is 0 Å². The van der Waals surface area contributed by atoms with Crippen LogP contribution in [0.4, 0.5) is 5.69 Å². The molecule has 9 heteroatoms. The molecular weight excluding hydrogens is 246 g/mol. The van der Waals surface area contributed by atoms with E-state index < -0.39 is 14.0 Å². The van der Waals surface area contributed by atoms with Crippen molar-refractivity contribution in [2.75, 3.05) is 5.75 Å². The van der Waals surface area contributed by atoms with Crippen molar-refractivity contribution in [1.29, 1.82) is 0 Å². The highest BCUT2D eigenvalue weighted by Gasteiger charge is 2.20.